The first-order chi connectivity index (χ1) is 13.6. The van der Waals surface area contributed by atoms with E-state index in [0.717, 1.165) is 41.0 Å². The van der Waals surface area contributed by atoms with Gasteiger partial charge in [0.05, 0.1) is 12.8 Å². The molecule has 0 atom stereocenters. The van der Waals surface area contributed by atoms with E-state index >= 15 is 0 Å². The molecule has 2 aromatic heterocycles. The summed E-state index contributed by atoms with van der Waals surface area (Å²) in [7, 11) is 1.52. The number of methoxy groups -OCH3 is 1. The number of pyridine rings is 1. The number of aryl methyl sites for hydroxylation is 1. The summed E-state index contributed by atoms with van der Waals surface area (Å²) in [6.45, 7) is 3.55. The van der Waals surface area contributed by atoms with Crippen molar-refractivity contribution < 1.29 is 4.74 Å². The molecule has 0 aliphatic carbocycles. The van der Waals surface area contributed by atoms with Gasteiger partial charge in [-0.2, -0.15) is 5.26 Å². The fourth-order valence-electron chi connectivity index (χ4n) is 3.54. The number of hydrogen-bond donors (Lipinski definition) is 1. The maximum atomic E-state index is 9.73. The Bertz CT molecular complexity index is 1050. The van der Waals surface area contributed by atoms with Gasteiger partial charge in [-0.1, -0.05) is 17.7 Å². The number of rotatable bonds is 3. The Morgan fingerprint density at radius 3 is 2.54 bits per heavy atom. The van der Waals surface area contributed by atoms with E-state index in [2.05, 4.69) is 57.1 Å². The van der Waals surface area contributed by atoms with Gasteiger partial charge in [-0.15, -0.1) is 0 Å². The fraction of sp³-hybridized carbons (Fsp3) is 0.238. The maximum Gasteiger partial charge on any atom is 0.316 e. The first kappa shape index (κ1) is 17.7. The van der Waals surface area contributed by atoms with Crippen LogP contribution in [0.5, 0.6) is 6.01 Å². The minimum Gasteiger partial charge on any atom is -0.467 e. The van der Waals surface area contributed by atoms with Crippen molar-refractivity contribution >= 4 is 11.5 Å². The smallest absolute Gasteiger partial charge is 0.316 e. The molecule has 0 fully saturated rings. The van der Waals surface area contributed by atoms with Crippen LogP contribution < -0.4 is 15.4 Å². The fourth-order valence-corrected chi connectivity index (χ4v) is 3.54. The number of aromatic nitrogens is 3. The Morgan fingerprint density at radius 2 is 1.89 bits per heavy atom. The minimum atomic E-state index is 0.246. The highest BCUT2D eigenvalue weighted by Gasteiger charge is 2.26. The molecule has 7 nitrogen and oxygen atoms in total. The monoisotopic (exact) mass is 372 g/mol. The summed E-state index contributed by atoms with van der Waals surface area (Å²) in [6, 6.07) is 10.9. The zero-order valence-corrected chi connectivity index (χ0v) is 15.8. The van der Waals surface area contributed by atoms with Crippen LogP contribution in [0.3, 0.4) is 0 Å². The van der Waals surface area contributed by atoms with E-state index in [9.17, 15) is 5.26 Å². The second-order valence-corrected chi connectivity index (χ2v) is 6.75. The number of hydrogen-bond acceptors (Lipinski definition) is 7. The summed E-state index contributed by atoms with van der Waals surface area (Å²) in [5.74, 6) is 0.246. The lowest BCUT2D eigenvalue weighted by Gasteiger charge is -2.32. The molecule has 4 rings (SSSR count). The summed E-state index contributed by atoms with van der Waals surface area (Å²) in [5, 5.41) is 9.73. The van der Waals surface area contributed by atoms with Gasteiger partial charge in [0, 0.05) is 54.3 Å². The molecular formula is C21H20N6O. The van der Waals surface area contributed by atoms with Crippen molar-refractivity contribution in [2.24, 2.45) is 0 Å². The van der Waals surface area contributed by atoms with Gasteiger partial charge in [-0.3, -0.25) is 0 Å². The van der Waals surface area contributed by atoms with Crippen LogP contribution >= 0.6 is 0 Å². The van der Waals surface area contributed by atoms with Crippen molar-refractivity contribution in [3.63, 3.8) is 0 Å². The largest absolute Gasteiger partial charge is 0.467 e. The van der Waals surface area contributed by atoms with Gasteiger partial charge < -0.3 is 15.4 Å². The third kappa shape index (κ3) is 3.09. The third-order valence-corrected chi connectivity index (χ3v) is 4.99. The van der Waals surface area contributed by atoms with Crippen molar-refractivity contribution in [3.05, 3.63) is 59.0 Å². The highest BCUT2D eigenvalue weighted by atomic mass is 16.5. The molecule has 0 saturated carbocycles. The van der Waals surface area contributed by atoms with Crippen LogP contribution in [0, 0.1) is 18.3 Å². The molecule has 3 heterocycles. The number of nitrogen functional groups attached to an aromatic ring is 1. The first-order valence-corrected chi connectivity index (χ1v) is 9.00. The zero-order valence-electron chi connectivity index (χ0n) is 15.8. The second kappa shape index (κ2) is 7.16. The topological polar surface area (TPSA) is 101 Å². The molecule has 1 aliphatic heterocycles. The molecule has 28 heavy (non-hydrogen) atoms. The van der Waals surface area contributed by atoms with Crippen LogP contribution in [0.4, 0.5) is 11.5 Å². The second-order valence-electron chi connectivity index (χ2n) is 6.75. The van der Waals surface area contributed by atoms with E-state index < -0.39 is 0 Å². The summed E-state index contributed by atoms with van der Waals surface area (Å²) >= 11 is 0. The van der Waals surface area contributed by atoms with E-state index in [0.29, 0.717) is 12.1 Å². The van der Waals surface area contributed by atoms with Crippen molar-refractivity contribution in [2.75, 3.05) is 24.3 Å². The molecular weight excluding hydrogens is 352 g/mol. The van der Waals surface area contributed by atoms with Crippen LogP contribution in [0.15, 0.2) is 36.7 Å². The number of ether oxygens (including phenoxy) is 1. The normalized spacial score (nSPS) is 13.0. The molecule has 1 aromatic carbocycles. The van der Waals surface area contributed by atoms with E-state index in [1.807, 2.05) is 0 Å². The van der Waals surface area contributed by atoms with Crippen LogP contribution in [0.2, 0.25) is 0 Å². The Morgan fingerprint density at radius 1 is 1.18 bits per heavy atom. The summed E-state index contributed by atoms with van der Waals surface area (Å²) in [6.07, 6.45) is 4.07. The summed E-state index contributed by atoms with van der Waals surface area (Å²) < 4.78 is 5.05. The lowest BCUT2D eigenvalue weighted by atomic mass is 9.92. The molecule has 0 bridgehead atoms. The summed E-state index contributed by atoms with van der Waals surface area (Å²) in [4.78, 5) is 15.2. The Kier molecular flexibility index (Phi) is 4.53. The van der Waals surface area contributed by atoms with Crippen molar-refractivity contribution in [3.8, 4) is 23.2 Å². The number of benzene rings is 1. The highest BCUT2D eigenvalue weighted by molar-refractivity contribution is 5.79. The number of anilines is 2. The Hall–Kier alpha value is -3.66. The molecule has 0 saturated heterocycles. The zero-order chi connectivity index (χ0) is 19.7. The van der Waals surface area contributed by atoms with Gasteiger partial charge in [0.15, 0.2) is 0 Å². The molecule has 7 heteroatoms. The Balaban J connectivity index is 1.83. The quantitative estimate of drug-likeness (QED) is 0.754. The van der Waals surface area contributed by atoms with Crippen LogP contribution in [-0.2, 0) is 13.0 Å². The average molecular weight is 372 g/mol. The third-order valence-electron chi connectivity index (χ3n) is 4.99. The first-order valence-electron chi connectivity index (χ1n) is 9.00. The van der Waals surface area contributed by atoms with Crippen molar-refractivity contribution in [2.45, 2.75) is 19.9 Å². The lowest BCUT2D eigenvalue weighted by molar-refractivity contribution is 0.380. The number of fused-ring (bicyclic) bond motifs is 1. The van der Waals surface area contributed by atoms with E-state index in [1.54, 1.807) is 12.4 Å². The van der Waals surface area contributed by atoms with Crippen LogP contribution in [-0.4, -0.2) is 28.6 Å². The molecule has 0 amide bonds. The van der Waals surface area contributed by atoms with Crippen LogP contribution in [0.25, 0.3) is 11.1 Å². The minimum absolute atomic E-state index is 0.246. The summed E-state index contributed by atoms with van der Waals surface area (Å²) in [5.41, 5.74) is 12.2. The van der Waals surface area contributed by atoms with Crippen molar-refractivity contribution in [1.82, 2.24) is 15.0 Å². The SMILES string of the molecule is COc1ncc(-c2c(C#N)c(N)nc3c2CN(c2ccc(C)cc2)CC3)cn1. The molecule has 2 N–H and O–H groups in total. The molecule has 0 radical (unpaired) electrons. The molecule has 0 spiro atoms. The van der Waals surface area contributed by atoms with Gasteiger partial charge in [0.25, 0.3) is 0 Å². The van der Waals surface area contributed by atoms with Gasteiger partial charge >= 0.3 is 6.01 Å². The van der Waals surface area contributed by atoms with Crippen LogP contribution in [0.1, 0.15) is 22.4 Å². The van der Waals surface area contributed by atoms with E-state index in [-0.39, 0.29) is 11.8 Å². The van der Waals surface area contributed by atoms with Gasteiger partial charge in [0.1, 0.15) is 17.5 Å². The predicted octanol–water partition coefficient (Wildman–Crippen LogP) is 2.87. The Labute approximate surface area is 163 Å². The maximum absolute atomic E-state index is 9.73. The standard InChI is InChI=1S/C21H20N6O/c1-13-3-5-15(6-4-13)27-8-7-18-17(12-27)19(16(9-22)20(23)26-18)14-10-24-21(28-2)25-11-14/h3-6,10-11H,7-8,12H2,1-2H3,(H2,23,26). The number of nitriles is 1. The van der Waals surface area contributed by atoms with Crippen molar-refractivity contribution in [1.29, 1.82) is 5.26 Å². The van der Waals surface area contributed by atoms with Gasteiger partial charge in [-0.05, 0) is 19.1 Å². The average Bonchev–Trinajstić information content (AvgIpc) is 2.73. The molecule has 140 valence electrons. The lowest BCUT2D eigenvalue weighted by Crippen LogP contribution is -2.32. The highest BCUT2D eigenvalue weighted by Crippen LogP contribution is 2.36. The number of nitrogens with zero attached hydrogens (tertiary/aromatic N) is 5. The number of nitrogens with two attached hydrogens (primary N) is 1. The van der Waals surface area contributed by atoms with Gasteiger partial charge in [0.2, 0.25) is 0 Å². The van der Waals surface area contributed by atoms with E-state index in [1.165, 1.54) is 12.7 Å². The molecule has 3 aromatic rings. The van der Waals surface area contributed by atoms with Gasteiger partial charge in [-0.25, -0.2) is 15.0 Å². The molecule has 0 unspecified atom stereocenters. The predicted molar refractivity (Wildman–Crippen MR) is 107 cm³/mol. The molecule has 1 aliphatic rings. The van der Waals surface area contributed by atoms with E-state index in [4.69, 9.17) is 10.5 Å².